The fourth-order valence-corrected chi connectivity index (χ4v) is 7.46. The number of hydrogen-bond donors (Lipinski definition) is 7. The Bertz CT molecular complexity index is 1920. The van der Waals surface area contributed by atoms with Gasteiger partial charge in [-0.15, -0.1) is 0 Å². The first-order chi connectivity index (χ1) is 31.4. The standard InChI is InChI=1S/C48H76N8O11/c1-13-23-56-40(28(8)15-3)47(65)55(12)36(25-32-17-19-33(57)20-18-32)44(62)53-38(27(7)14-2)48(66)67-31(11)39(45(63)52-35(24-26(5)6)43(61)50-30(10)46(56)64)54-42(60)34(21-22-37(49)58)51-41(59)29(9)16-4/h13,17-20,23,26-31,34-36,38-40,57H,14-16,21-22,24-25H2,1-12H3,(H2,49,58)(H,50,61)(H,51,59)(H,52,63)(H,53,62)(H,54,60)/b23-13-/t27?,28?,29?,30-,31+,34-,35-,36?,38-,39-,40?/m0/s1. The third-order valence-electron chi connectivity index (χ3n) is 12.3. The van der Waals surface area contributed by atoms with Crippen LogP contribution in [0.25, 0.3) is 0 Å². The van der Waals surface area contributed by atoms with Gasteiger partial charge >= 0.3 is 5.97 Å². The molecule has 1 fully saturated rings. The third kappa shape index (κ3) is 16.7. The van der Waals surface area contributed by atoms with Gasteiger partial charge in [-0.1, -0.05) is 86.4 Å². The van der Waals surface area contributed by atoms with E-state index < -0.39 is 119 Å². The van der Waals surface area contributed by atoms with Crippen molar-refractivity contribution in [3.05, 3.63) is 42.1 Å². The molecule has 0 radical (unpaired) electrons. The molecule has 19 heteroatoms. The number of phenols is 1. The Kier molecular flexibility index (Phi) is 23.0. The van der Waals surface area contributed by atoms with Crippen molar-refractivity contribution in [1.29, 1.82) is 0 Å². The second kappa shape index (κ2) is 27.0. The number of ether oxygens (including phenoxy) is 1. The highest BCUT2D eigenvalue weighted by Crippen LogP contribution is 2.23. The molecular formula is C48H76N8O11. The van der Waals surface area contributed by atoms with E-state index in [0.717, 1.165) is 0 Å². The Morgan fingerprint density at radius 3 is 1.99 bits per heavy atom. The molecule has 374 valence electrons. The molecule has 0 saturated carbocycles. The summed E-state index contributed by atoms with van der Waals surface area (Å²) in [5.41, 5.74) is 5.96. The summed E-state index contributed by atoms with van der Waals surface area (Å²) < 4.78 is 5.93. The number of phenolic OH excluding ortho intramolecular Hbond substituents is 1. The minimum Gasteiger partial charge on any atom is -0.508 e. The quantitative estimate of drug-likeness (QED) is 0.111. The van der Waals surface area contributed by atoms with Gasteiger partial charge < -0.3 is 52.0 Å². The van der Waals surface area contributed by atoms with E-state index >= 15 is 0 Å². The summed E-state index contributed by atoms with van der Waals surface area (Å²) in [5, 5.41) is 23.4. The van der Waals surface area contributed by atoms with Gasteiger partial charge in [0.1, 0.15) is 54.1 Å². The first-order valence-electron chi connectivity index (χ1n) is 23.4. The summed E-state index contributed by atoms with van der Waals surface area (Å²) in [6.45, 7) is 18.6. The SMILES string of the molecule is C/C=C\N1C(=O)[C@H](C)NC(=O)[C@H](CC(C)C)NC(=O)[C@@H](NC(=O)[C@H](CCC(N)=O)NC(=O)C(C)CC)[C@@H](C)OC(=O)[C@H](C(C)CC)NC(=O)C(Cc2ccc(O)cc2)N(C)C(=O)C1C(C)CC. The smallest absolute Gasteiger partial charge is 0.329 e. The second-order valence-electron chi connectivity index (χ2n) is 18.2. The number of hydrogen-bond acceptors (Lipinski definition) is 11. The van der Waals surface area contributed by atoms with Crippen molar-refractivity contribution in [3.8, 4) is 5.75 Å². The zero-order valence-corrected chi connectivity index (χ0v) is 41.3. The van der Waals surface area contributed by atoms with Crippen molar-refractivity contribution in [3.63, 3.8) is 0 Å². The van der Waals surface area contributed by atoms with Crippen LogP contribution < -0.4 is 32.3 Å². The molecule has 1 saturated heterocycles. The third-order valence-corrected chi connectivity index (χ3v) is 12.3. The maximum absolute atomic E-state index is 14.9. The number of nitrogens with one attached hydrogen (secondary N) is 5. The average Bonchev–Trinajstić information content (AvgIpc) is 3.28. The van der Waals surface area contributed by atoms with E-state index in [1.807, 2.05) is 6.92 Å². The van der Waals surface area contributed by atoms with Gasteiger partial charge in [0.25, 0.3) is 0 Å². The lowest BCUT2D eigenvalue weighted by Gasteiger charge is -2.38. The lowest BCUT2D eigenvalue weighted by atomic mass is 9.94. The molecule has 11 atom stereocenters. The highest BCUT2D eigenvalue weighted by Gasteiger charge is 2.43. The molecule has 0 aliphatic carbocycles. The van der Waals surface area contributed by atoms with Crippen LogP contribution in [0.1, 0.15) is 120 Å². The molecule has 5 unspecified atom stereocenters. The van der Waals surface area contributed by atoms with Gasteiger partial charge in [-0.25, -0.2) is 4.79 Å². The number of nitrogens with zero attached hydrogens (tertiary/aromatic N) is 2. The van der Waals surface area contributed by atoms with Crippen LogP contribution in [0.5, 0.6) is 5.75 Å². The summed E-state index contributed by atoms with van der Waals surface area (Å²) in [6.07, 6.45) is 2.16. The van der Waals surface area contributed by atoms with Gasteiger partial charge in [0.15, 0.2) is 0 Å². The van der Waals surface area contributed by atoms with E-state index in [1.165, 1.54) is 49.0 Å². The second-order valence-corrected chi connectivity index (χ2v) is 18.2. The molecular weight excluding hydrogens is 865 g/mol. The fourth-order valence-electron chi connectivity index (χ4n) is 7.46. The number of aromatic hydroxyl groups is 1. The van der Waals surface area contributed by atoms with E-state index in [-0.39, 0.29) is 37.4 Å². The Hall–Kier alpha value is -6.01. The normalized spacial score (nSPS) is 24.8. The van der Waals surface area contributed by atoms with Gasteiger partial charge in [0.2, 0.25) is 47.3 Å². The summed E-state index contributed by atoms with van der Waals surface area (Å²) in [5.74, 6) is -8.71. The Morgan fingerprint density at radius 2 is 1.45 bits per heavy atom. The topological polar surface area (TPSA) is 276 Å². The zero-order valence-electron chi connectivity index (χ0n) is 41.3. The van der Waals surface area contributed by atoms with Crippen molar-refractivity contribution in [1.82, 2.24) is 36.4 Å². The number of cyclic esters (lactones) is 1. The molecule has 1 aliphatic rings. The summed E-state index contributed by atoms with van der Waals surface area (Å²) in [4.78, 5) is 129. The predicted molar refractivity (Wildman–Crippen MR) is 251 cm³/mol. The highest BCUT2D eigenvalue weighted by atomic mass is 16.5. The fraction of sp³-hybridized carbons (Fsp3) is 0.646. The van der Waals surface area contributed by atoms with Crippen molar-refractivity contribution in [2.45, 2.75) is 170 Å². The molecule has 1 aromatic rings. The Morgan fingerprint density at radius 1 is 0.836 bits per heavy atom. The lowest BCUT2D eigenvalue weighted by molar-refractivity contribution is -0.158. The number of nitrogens with two attached hydrogens (primary N) is 1. The zero-order chi connectivity index (χ0) is 50.9. The minimum atomic E-state index is -1.72. The molecule has 1 aromatic carbocycles. The number of primary amides is 1. The molecule has 1 heterocycles. The number of likely N-dealkylation sites (N-methyl/N-ethyl adjacent to an activating group) is 1. The van der Waals surface area contributed by atoms with Crippen LogP contribution in [0.2, 0.25) is 0 Å². The molecule has 19 nitrogen and oxygen atoms in total. The van der Waals surface area contributed by atoms with Crippen LogP contribution in [-0.2, 0) is 54.3 Å². The summed E-state index contributed by atoms with van der Waals surface area (Å²) in [7, 11) is 1.43. The van der Waals surface area contributed by atoms with Gasteiger partial charge in [0, 0.05) is 32.0 Å². The van der Waals surface area contributed by atoms with Gasteiger partial charge in [-0.3, -0.25) is 38.4 Å². The van der Waals surface area contributed by atoms with Crippen LogP contribution in [0.3, 0.4) is 0 Å². The maximum Gasteiger partial charge on any atom is 0.329 e. The number of rotatable bonds is 17. The lowest BCUT2D eigenvalue weighted by Crippen LogP contribution is -2.62. The van der Waals surface area contributed by atoms with E-state index in [1.54, 1.807) is 73.6 Å². The monoisotopic (exact) mass is 941 g/mol. The number of esters is 1. The molecule has 0 aromatic heterocycles. The summed E-state index contributed by atoms with van der Waals surface area (Å²) in [6, 6.07) is -3.44. The predicted octanol–water partition coefficient (Wildman–Crippen LogP) is 2.33. The van der Waals surface area contributed by atoms with Crippen LogP contribution >= 0.6 is 0 Å². The van der Waals surface area contributed by atoms with E-state index in [2.05, 4.69) is 26.6 Å². The Labute approximate surface area is 395 Å². The van der Waals surface area contributed by atoms with Crippen molar-refractivity contribution >= 4 is 53.2 Å². The number of carbonyl (C=O) groups excluding carboxylic acids is 9. The van der Waals surface area contributed by atoms with E-state index in [9.17, 15) is 48.3 Å². The van der Waals surface area contributed by atoms with Crippen molar-refractivity contribution in [2.24, 2.45) is 29.4 Å². The maximum atomic E-state index is 14.9. The molecule has 0 spiro atoms. The number of amides is 8. The van der Waals surface area contributed by atoms with Crippen LogP contribution in [0, 0.1) is 23.7 Å². The molecule has 0 bridgehead atoms. The van der Waals surface area contributed by atoms with Gasteiger partial charge in [-0.05, 0) is 75.5 Å². The minimum absolute atomic E-state index is 0.0267. The molecule has 8 N–H and O–H groups in total. The van der Waals surface area contributed by atoms with Crippen molar-refractivity contribution in [2.75, 3.05) is 7.05 Å². The van der Waals surface area contributed by atoms with Crippen molar-refractivity contribution < 1.29 is 53.0 Å². The Balaban J connectivity index is 2.93. The van der Waals surface area contributed by atoms with Gasteiger partial charge in [-0.2, -0.15) is 0 Å². The molecule has 1 aliphatic heterocycles. The van der Waals surface area contributed by atoms with E-state index in [4.69, 9.17) is 10.5 Å². The summed E-state index contributed by atoms with van der Waals surface area (Å²) >= 11 is 0. The average molecular weight is 941 g/mol. The molecule has 2 rings (SSSR count). The van der Waals surface area contributed by atoms with Crippen LogP contribution in [0.4, 0.5) is 0 Å². The highest BCUT2D eigenvalue weighted by molar-refractivity contribution is 5.98. The molecule has 67 heavy (non-hydrogen) atoms. The number of carbonyl (C=O) groups is 9. The largest absolute Gasteiger partial charge is 0.508 e. The number of benzene rings is 1. The van der Waals surface area contributed by atoms with Crippen LogP contribution in [0.15, 0.2) is 36.5 Å². The molecule has 8 amide bonds. The first kappa shape index (κ1) is 57.1. The van der Waals surface area contributed by atoms with Crippen LogP contribution in [-0.4, -0.2) is 124 Å². The number of allylic oxidation sites excluding steroid dienone is 1. The first-order valence-corrected chi connectivity index (χ1v) is 23.4. The van der Waals surface area contributed by atoms with E-state index in [0.29, 0.717) is 24.8 Å². The van der Waals surface area contributed by atoms with Gasteiger partial charge in [0.05, 0.1) is 0 Å².